The maximum absolute atomic E-state index is 13.0. The molecule has 1 aliphatic heterocycles. The number of likely N-dealkylation sites (tertiary alicyclic amines) is 1. The topological polar surface area (TPSA) is 54.3 Å². The van der Waals surface area contributed by atoms with Gasteiger partial charge in [-0.3, -0.25) is 14.7 Å². The number of amides is 1. The van der Waals surface area contributed by atoms with Crippen LogP contribution in [0.15, 0.2) is 55.1 Å². The Hall–Kier alpha value is -2.73. The molecule has 0 aliphatic carbocycles. The van der Waals surface area contributed by atoms with Gasteiger partial charge in [0.2, 0.25) is 5.91 Å². The second-order valence-electron chi connectivity index (χ2n) is 7.42. The molecule has 1 fully saturated rings. The number of piperidine rings is 1. The van der Waals surface area contributed by atoms with Crippen LogP contribution in [0.1, 0.15) is 25.3 Å². The summed E-state index contributed by atoms with van der Waals surface area (Å²) in [7, 11) is 0. The molecule has 1 aromatic carbocycles. The Kier molecular flexibility index (Phi) is 5.67. The summed E-state index contributed by atoms with van der Waals surface area (Å²) >= 11 is 0. The molecule has 1 unspecified atom stereocenters. The van der Waals surface area contributed by atoms with Crippen LogP contribution >= 0.6 is 0 Å². The number of hydrogen-bond donors (Lipinski definition) is 0. The van der Waals surface area contributed by atoms with Gasteiger partial charge in [0.05, 0.1) is 17.4 Å². The Morgan fingerprint density at radius 3 is 2.86 bits per heavy atom. The van der Waals surface area contributed by atoms with Gasteiger partial charge in [-0.05, 0) is 49.2 Å². The van der Waals surface area contributed by atoms with Gasteiger partial charge in [0.1, 0.15) is 6.54 Å². The number of carbonyl (C=O) groups is 1. The molecule has 3 heterocycles. The summed E-state index contributed by atoms with van der Waals surface area (Å²) in [5.74, 6) is 0.174. The fourth-order valence-electron chi connectivity index (χ4n) is 4.08. The van der Waals surface area contributed by atoms with Gasteiger partial charge in [0.15, 0.2) is 0 Å². The van der Waals surface area contributed by atoms with E-state index in [1.165, 1.54) is 5.56 Å². The van der Waals surface area contributed by atoms with Gasteiger partial charge in [-0.2, -0.15) is 0 Å². The van der Waals surface area contributed by atoms with Crippen molar-refractivity contribution in [3.8, 4) is 0 Å². The van der Waals surface area contributed by atoms with Crippen molar-refractivity contribution in [3.05, 3.63) is 60.7 Å². The van der Waals surface area contributed by atoms with Crippen LogP contribution in [0.3, 0.4) is 0 Å². The van der Waals surface area contributed by atoms with Gasteiger partial charge in [-0.25, -0.2) is 4.98 Å². The number of pyridine rings is 1. The van der Waals surface area contributed by atoms with Crippen molar-refractivity contribution in [1.29, 1.82) is 0 Å². The molecule has 1 atom stereocenters. The number of imidazole rings is 1. The summed E-state index contributed by atoms with van der Waals surface area (Å²) in [5.41, 5.74) is 3.21. The molecule has 0 bridgehead atoms. The average Bonchev–Trinajstić information content (AvgIpc) is 3.16. The van der Waals surface area contributed by atoms with E-state index in [1.807, 2.05) is 46.1 Å². The zero-order valence-corrected chi connectivity index (χ0v) is 16.4. The number of fused-ring (bicyclic) bond motifs is 1. The first-order valence-corrected chi connectivity index (χ1v) is 10.0. The summed E-state index contributed by atoms with van der Waals surface area (Å²) in [5, 5.41) is 0. The predicted molar refractivity (Wildman–Crippen MR) is 110 cm³/mol. The van der Waals surface area contributed by atoms with Crippen LogP contribution in [0.2, 0.25) is 0 Å². The fourth-order valence-corrected chi connectivity index (χ4v) is 4.08. The molecule has 1 amide bonds. The predicted octanol–water partition coefficient (Wildman–Crippen LogP) is 2.94. The molecule has 4 rings (SSSR count). The Balaban J connectivity index is 1.41. The quantitative estimate of drug-likeness (QED) is 0.663. The first-order valence-electron chi connectivity index (χ1n) is 10.0. The number of carbonyl (C=O) groups excluding carboxylic acids is 1. The van der Waals surface area contributed by atoms with Crippen LogP contribution in [0.4, 0.5) is 0 Å². The second kappa shape index (κ2) is 8.52. The minimum atomic E-state index is 0.174. The minimum absolute atomic E-state index is 0.174. The first-order chi connectivity index (χ1) is 13.7. The molecular weight excluding hydrogens is 350 g/mol. The van der Waals surface area contributed by atoms with Crippen LogP contribution in [-0.2, 0) is 17.9 Å². The molecule has 0 spiro atoms. The molecule has 146 valence electrons. The van der Waals surface area contributed by atoms with Crippen molar-refractivity contribution in [3.63, 3.8) is 0 Å². The van der Waals surface area contributed by atoms with Crippen molar-refractivity contribution in [1.82, 2.24) is 24.3 Å². The normalized spacial score (nSPS) is 17.4. The molecule has 1 aliphatic rings. The number of hydrogen-bond acceptors (Lipinski definition) is 4. The molecule has 6 nitrogen and oxygen atoms in total. The van der Waals surface area contributed by atoms with Gasteiger partial charge in [-0.1, -0.05) is 19.1 Å². The molecule has 1 saturated heterocycles. The van der Waals surface area contributed by atoms with Gasteiger partial charge in [-0.15, -0.1) is 0 Å². The highest BCUT2D eigenvalue weighted by molar-refractivity contribution is 5.80. The Morgan fingerprint density at radius 2 is 2.04 bits per heavy atom. The minimum Gasteiger partial charge on any atom is -0.340 e. The van der Waals surface area contributed by atoms with Crippen LogP contribution in [0.25, 0.3) is 11.0 Å². The molecule has 0 saturated carbocycles. The molecule has 6 heteroatoms. The molecule has 3 aromatic rings. The zero-order chi connectivity index (χ0) is 19.3. The van der Waals surface area contributed by atoms with Crippen LogP contribution in [0.5, 0.6) is 0 Å². The highest BCUT2D eigenvalue weighted by Gasteiger charge is 2.27. The molecule has 0 N–H and O–H groups in total. The third kappa shape index (κ3) is 4.07. The monoisotopic (exact) mass is 377 g/mol. The summed E-state index contributed by atoms with van der Waals surface area (Å²) in [6, 6.07) is 12.5. The third-order valence-electron chi connectivity index (χ3n) is 5.64. The van der Waals surface area contributed by atoms with Gasteiger partial charge in [0.25, 0.3) is 0 Å². The van der Waals surface area contributed by atoms with Gasteiger partial charge >= 0.3 is 0 Å². The molecule has 0 radical (unpaired) electrons. The number of para-hydroxylation sites is 2. The SMILES string of the molecule is CCN(Cc1ccncc1)C1CCCN(C(=O)Cn2cnc3ccccc32)C1. The number of aromatic nitrogens is 3. The third-order valence-corrected chi connectivity index (χ3v) is 5.64. The molecule has 2 aromatic heterocycles. The van der Waals surface area contributed by atoms with E-state index in [9.17, 15) is 4.79 Å². The molecule has 28 heavy (non-hydrogen) atoms. The zero-order valence-electron chi connectivity index (χ0n) is 16.4. The van der Waals surface area contributed by atoms with Crippen molar-refractivity contribution in [2.24, 2.45) is 0 Å². The highest BCUT2D eigenvalue weighted by atomic mass is 16.2. The first kappa shape index (κ1) is 18.6. The number of rotatable bonds is 6. The van der Waals surface area contributed by atoms with Crippen molar-refractivity contribution in [2.45, 2.75) is 38.9 Å². The van der Waals surface area contributed by atoms with Crippen LogP contribution < -0.4 is 0 Å². The maximum Gasteiger partial charge on any atom is 0.242 e. The lowest BCUT2D eigenvalue weighted by Crippen LogP contribution is -2.50. The summed E-state index contributed by atoms with van der Waals surface area (Å²) in [4.78, 5) is 26.0. The van der Waals surface area contributed by atoms with Crippen molar-refractivity contribution < 1.29 is 4.79 Å². The van der Waals surface area contributed by atoms with E-state index in [2.05, 4.69) is 33.9 Å². The maximum atomic E-state index is 13.0. The summed E-state index contributed by atoms with van der Waals surface area (Å²) in [6.07, 6.45) is 7.64. The standard InChI is InChI=1S/C22H27N5O/c1-2-25(14-18-9-11-23-12-10-18)19-6-5-13-26(15-19)22(28)16-27-17-24-20-7-3-4-8-21(20)27/h3-4,7-12,17,19H,2,5-6,13-16H2,1H3. The second-order valence-corrected chi connectivity index (χ2v) is 7.42. The van der Waals surface area contributed by atoms with E-state index in [-0.39, 0.29) is 5.91 Å². The van der Waals surface area contributed by atoms with Crippen molar-refractivity contribution >= 4 is 16.9 Å². The highest BCUT2D eigenvalue weighted by Crippen LogP contribution is 2.19. The lowest BCUT2D eigenvalue weighted by Gasteiger charge is -2.39. The van der Waals surface area contributed by atoms with E-state index >= 15 is 0 Å². The van der Waals surface area contributed by atoms with E-state index in [1.54, 1.807) is 6.33 Å². The van der Waals surface area contributed by atoms with Crippen LogP contribution in [-0.4, -0.2) is 55.9 Å². The lowest BCUT2D eigenvalue weighted by atomic mass is 10.0. The smallest absolute Gasteiger partial charge is 0.242 e. The number of likely N-dealkylation sites (N-methyl/N-ethyl adjacent to an activating group) is 1. The molecular formula is C22H27N5O. The fraction of sp³-hybridized carbons (Fsp3) is 0.409. The Morgan fingerprint density at radius 1 is 1.21 bits per heavy atom. The van der Waals surface area contributed by atoms with Crippen LogP contribution in [0, 0.1) is 0 Å². The summed E-state index contributed by atoms with van der Waals surface area (Å²) < 4.78 is 1.95. The lowest BCUT2D eigenvalue weighted by molar-refractivity contribution is -0.134. The Bertz CT molecular complexity index is 923. The number of nitrogens with zero attached hydrogens (tertiary/aromatic N) is 5. The van der Waals surface area contributed by atoms with Gasteiger partial charge < -0.3 is 9.47 Å². The van der Waals surface area contributed by atoms with E-state index in [4.69, 9.17) is 0 Å². The van der Waals surface area contributed by atoms with Gasteiger partial charge in [0, 0.05) is 38.1 Å². The largest absolute Gasteiger partial charge is 0.340 e. The average molecular weight is 377 g/mol. The Labute approximate surface area is 165 Å². The van der Waals surface area contributed by atoms with Crippen molar-refractivity contribution in [2.75, 3.05) is 19.6 Å². The summed E-state index contributed by atoms with van der Waals surface area (Å²) in [6.45, 7) is 6.06. The van der Waals surface area contributed by atoms with E-state index in [0.29, 0.717) is 12.6 Å². The number of benzene rings is 1. The van der Waals surface area contributed by atoms with E-state index < -0.39 is 0 Å². The van der Waals surface area contributed by atoms with E-state index in [0.717, 1.165) is 50.1 Å².